The molecular formula is C26H26Cl2N2O7. The number of methoxy groups -OCH3 is 1. The summed E-state index contributed by atoms with van der Waals surface area (Å²) in [6.45, 7) is 1.82. The fourth-order valence-corrected chi connectivity index (χ4v) is 4.16. The maximum absolute atomic E-state index is 13.0. The number of nitrogens with one attached hydrogen (secondary N) is 2. The summed E-state index contributed by atoms with van der Waals surface area (Å²) in [6, 6.07) is 8.95. The first kappa shape index (κ1) is 28.0. The third kappa shape index (κ3) is 7.47. The van der Waals surface area contributed by atoms with Crippen molar-refractivity contribution in [3.05, 3.63) is 73.6 Å². The molecule has 0 saturated heterocycles. The summed E-state index contributed by atoms with van der Waals surface area (Å²) in [6.07, 6.45) is -0.0136. The van der Waals surface area contributed by atoms with Gasteiger partial charge in [0.15, 0.2) is 0 Å². The molecule has 37 heavy (non-hydrogen) atoms. The zero-order valence-corrected chi connectivity index (χ0v) is 21.7. The van der Waals surface area contributed by atoms with Crippen LogP contribution in [0.5, 0.6) is 5.75 Å². The predicted molar refractivity (Wildman–Crippen MR) is 139 cm³/mol. The van der Waals surface area contributed by atoms with E-state index in [0.29, 0.717) is 26.7 Å². The number of halogens is 2. The Morgan fingerprint density at radius 1 is 1.14 bits per heavy atom. The van der Waals surface area contributed by atoms with Crippen molar-refractivity contribution in [3.63, 3.8) is 0 Å². The van der Waals surface area contributed by atoms with Gasteiger partial charge in [0.1, 0.15) is 17.4 Å². The van der Waals surface area contributed by atoms with Crippen LogP contribution in [0.4, 0.5) is 0 Å². The number of carbonyl (C=O) groups excluding carboxylic acids is 2. The summed E-state index contributed by atoms with van der Waals surface area (Å²) in [4.78, 5) is 49.2. The summed E-state index contributed by atoms with van der Waals surface area (Å²) in [5.41, 5.74) is 1.00. The highest BCUT2D eigenvalue weighted by molar-refractivity contribution is 6.32. The molecule has 3 aromatic rings. The third-order valence-corrected chi connectivity index (χ3v) is 6.32. The monoisotopic (exact) mass is 548 g/mol. The van der Waals surface area contributed by atoms with Gasteiger partial charge in [0.05, 0.1) is 24.1 Å². The lowest BCUT2D eigenvalue weighted by Gasteiger charge is -2.19. The van der Waals surface area contributed by atoms with E-state index in [-0.39, 0.29) is 43.4 Å². The van der Waals surface area contributed by atoms with E-state index >= 15 is 0 Å². The second-order valence-electron chi connectivity index (χ2n) is 8.39. The number of aryl methyl sites for hydroxylation is 1. The quantitative estimate of drug-likeness (QED) is 0.245. The number of carbonyl (C=O) groups is 3. The minimum atomic E-state index is -0.968. The molecule has 0 radical (unpaired) electrons. The first-order chi connectivity index (χ1) is 17.6. The van der Waals surface area contributed by atoms with Gasteiger partial charge in [-0.3, -0.25) is 14.4 Å². The van der Waals surface area contributed by atoms with Gasteiger partial charge in [0, 0.05) is 35.9 Å². The average Bonchev–Trinajstić information content (AvgIpc) is 2.85. The molecule has 2 amide bonds. The van der Waals surface area contributed by atoms with Gasteiger partial charge in [-0.15, -0.1) is 0 Å². The van der Waals surface area contributed by atoms with Crippen LogP contribution in [-0.4, -0.2) is 42.6 Å². The number of aliphatic carboxylic acids is 1. The van der Waals surface area contributed by atoms with Crippen molar-refractivity contribution < 1.29 is 28.6 Å². The van der Waals surface area contributed by atoms with Crippen LogP contribution in [0, 0.1) is 6.92 Å². The molecule has 2 aromatic carbocycles. The standard InChI is InChI=1S/C26H26Cl2N2O7/c1-14-17-11-19(28)22(36-2)13-21(17)37-26(35)18(14)12-23(31)30-20(10-15-5-7-16(27)8-6-15)25(34)29-9-3-4-24(32)33/h5-8,11,13,20H,3-4,9-10,12H2,1-2H3,(H,29,34)(H,30,31)(H,32,33). The van der Waals surface area contributed by atoms with E-state index in [9.17, 15) is 19.2 Å². The molecule has 1 unspecified atom stereocenters. The average molecular weight is 549 g/mol. The van der Waals surface area contributed by atoms with E-state index in [2.05, 4.69) is 10.6 Å². The van der Waals surface area contributed by atoms with E-state index in [1.54, 1.807) is 37.3 Å². The highest BCUT2D eigenvalue weighted by Gasteiger charge is 2.23. The Hall–Kier alpha value is -3.56. The van der Waals surface area contributed by atoms with Crippen molar-refractivity contribution in [3.8, 4) is 5.75 Å². The molecule has 3 rings (SSSR count). The van der Waals surface area contributed by atoms with Crippen LogP contribution in [-0.2, 0) is 27.2 Å². The summed E-state index contributed by atoms with van der Waals surface area (Å²) < 4.78 is 10.6. The molecule has 9 nitrogen and oxygen atoms in total. The fraction of sp³-hybridized carbons (Fsp3) is 0.308. The van der Waals surface area contributed by atoms with Crippen LogP contribution < -0.4 is 21.0 Å². The molecule has 0 saturated carbocycles. The molecular weight excluding hydrogens is 523 g/mol. The fourth-order valence-electron chi connectivity index (χ4n) is 3.80. The zero-order valence-electron chi connectivity index (χ0n) is 20.2. The molecule has 0 fully saturated rings. The van der Waals surface area contributed by atoms with E-state index in [0.717, 1.165) is 5.56 Å². The zero-order chi connectivity index (χ0) is 27.1. The van der Waals surface area contributed by atoms with Gasteiger partial charge >= 0.3 is 11.6 Å². The number of rotatable bonds is 11. The van der Waals surface area contributed by atoms with Crippen LogP contribution in [0.15, 0.2) is 45.6 Å². The third-order valence-electron chi connectivity index (χ3n) is 5.77. The number of amides is 2. The minimum Gasteiger partial charge on any atom is -0.495 e. The molecule has 11 heteroatoms. The maximum Gasteiger partial charge on any atom is 0.340 e. The van der Waals surface area contributed by atoms with Crippen molar-refractivity contribution in [2.45, 2.75) is 38.6 Å². The van der Waals surface area contributed by atoms with Crippen LogP contribution in [0.25, 0.3) is 11.0 Å². The molecule has 1 heterocycles. The van der Waals surface area contributed by atoms with E-state index in [1.807, 2.05) is 0 Å². The summed E-state index contributed by atoms with van der Waals surface area (Å²) in [5, 5.41) is 15.5. The molecule has 0 aliphatic heterocycles. The van der Waals surface area contributed by atoms with Crippen molar-refractivity contribution in [1.82, 2.24) is 10.6 Å². The van der Waals surface area contributed by atoms with Crippen molar-refractivity contribution in [1.29, 1.82) is 0 Å². The van der Waals surface area contributed by atoms with Gasteiger partial charge in [0.25, 0.3) is 0 Å². The van der Waals surface area contributed by atoms with E-state index in [4.69, 9.17) is 37.5 Å². The van der Waals surface area contributed by atoms with Crippen molar-refractivity contribution >= 4 is 52.0 Å². The molecule has 0 aliphatic rings. The van der Waals surface area contributed by atoms with Gasteiger partial charge in [-0.1, -0.05) is 35.3 Å². The van der Waals surface area contributed by atoms with Crippen LogP contribution in [0.1, 0.15) is 29.5 Å². The summed E-state index contributed by atoms with van der Waals surface area (Å²) in [5.74, 6) is -1.66. The van der Waals surface area contributed by atoms with Gasteiger partial charge in [0.2, 0.25) is 11.8 Å². The number of hydrogen-bond acceptors (Lipinski definition) is 6. The van der Waals surface area contributed by atoms with Crippen LogP contribution in [0.2, 0.25) is 10.0 Å². The smallest absolute Gasteiger partial charge is 0.340 e. The summed E-state index contributed by atoms with van der Waals surface area (Å²) >= 11 is 12.2. The largest absolute Gasteiger partial charge is 0.495 e. The topological polar surface area (TPSA) is 135 Å². The first-order valence-electron chi connectivity index (χ1n) is 11.4. The first-order valence-corrected chi connectivity index (χ1v) is 12.2. The second-order valence-corrected chi connectivity index (χ2v) is 9.24. The van der Waals surface area contributed by atoms with Gasteiger partial charge in [-0.05, 0) is 42.7 Å². The lowest BCUT2D eigenvalue weighted by molar-refractivity contribution is -0.137. The lowest BCUT2D eigenvalue weighted by Crippen LogP contribution is -2.49. The number of ether oxygens (including phenoxy) is 1. The van der Waals surface area contributed by atoms with Crippen LogP contribution >= 0.6 is 23.2 Å². The van der Waals surface area contributed by atoms with Crippen molar-refractivity contribution in [2.75, 3.05) is 13.7 Å². The van der Waals surface area contributed by atoms with E-state index < -0.39 is 29.5 Å². The van der Waals surface area contributed by atoms with Gasteiger partial charge < -0.3 is 24.9 Å². The molecule has 1 atom stereocenters. The number of carboxylic acids is 1. The molecule has 0 spiro atoms. The Morgan fingerprint density at radius 2 is 1.84 bits per heavy atom. The predicted octanol–water partition coefficient (Wildman–Crippen LogP) is 3.67. The Morgan fingerprint density at radius 3 is 2.49 bits per heavy atom. The molecule has 1 aromatic heterocycles. The number of fused-ring (bicyclic) bond motifs is 1. The van der Waals surface area contributed by atoms with Crippen molar-refractivity contribution in [2.24, 2.45) is 0 Å². The normalized spacial score (nSPS) is 11.7. The SMILES string of the molecule is COc1cc2oc(=O)c(CC(=O)NC(Cc3ccc(Cl)cc3)C(=O)NCCCC(=O)O)c(C)c2cc1Cl. The maximum atomic E-state index is 13.0. The highest BCUT2D eigenvalue weighted by Crippen LogP contribution is 2.31. The second kappa shape index (κ2) is 12.6. The molecule has 196 valence electrons. The van der Waals surface area contributed by atoms with E-state index in [1.165, 1.54) is 13.2 Å². The number of carboxylic acid groups (broad SMARTS) is 1. The van der Waals surface area contributed by atoms with Gasteiger partial charge in [-0.25, -0.2) is 4.79 Å². The minimum absolute atomic E-state index is 0.0958. The molecule has 0 aliphatic carbocycles. The number of hydrogen-bond donors (Lipinski definition) is 3. The van der Waals surface area contributed by atoms with Gasteiger partial charge in [-0.2, -0.15) is 0 Å². The Kier molecular flexibility index (Phi) is 9.54. The van der Waals surface area contributed by atoms with Crippen LogP contribution in [0.3, 0.4) is 0 Å². The summed E-state index contributed by atoms with van der Waals surface area (Å²) in [7, 11) is 1.44. The Bertz CT molecular complexity index is 1370. The highest BCUT2D eigenvalue weighted by atomic mass is 35.5. The number of benzene rings is 2. The molecule has 3 N–H and O–H groups in total. The Balaban J connectivity index is 1.80. The lowest BCUT2D eigenvalue weighted by atomic mass is 10.0. The Labute approximate surface area is 222 Å². The molecule has 0 bridgehead atoms.